The normalized spacial score (nSPS) is 11.9. The van der Waals surface area contributed by atoms with Gasteiger partial charge in [-0.3, -0.25) is 0 Å². The molecular formula is C14H20N2O2. The second-order valence-corrected chi connectivity index (χ2v) is 5.25. The third kappa shape index (κ3) is 3.23. The number of ether oxygens (including phenoxy) is 1. The van der Waals surface area contributed by atoms with E-state index < -0.39 is 0 Å². The van der Waals surface area contributed by atoms with Crippen molar-refractivity contribution in [2.45, 2.75) is 20.3 Å². The first-order chi connectivity index (χ1) is 8.61. The number of para-hydroxylation sites is 2. The molecule has 0 aliphatic carbocycles. The summed E-state index contributed by atoms with van der Waals surface area (Å²) in [5.74, 6) is 0. The van der Waals surface area contributed by atoms with E-state index in [1.54, 1.807) is 7.11 Å². The zero-order valence-electron chi connectivity index (χ0n) is 11.2. The van der Waals surface area contributed by atoms with E-state index in [-0.39, 0.29) is 5.41 Å². The minimum atomic E-state index is 0.149. The molecule has 1 aromatic carbocycles. The topological polar surface area (TPSA) is 47.3 Å². The van der Waals surface area contributed by atoms with Crippen molar-refractivity contribution in [1.82, 2.24) is 4.98 Å². The fourth-order valence-electron chi connectivity index (χ4n) is 1.73. The van der Waals surface area contributed by atoms with E-state index >= 15 is 0 Å². The van der Waals surface area contributed by atoms with E-state index in [4.69, 9.17) is 9.15 Å². The van der Waals surface area contributed by atoms with Crippen molar-refractivity contribution in [1.29, 1.82) is 0 Å². The number of fused-ring (bicyclic) bond motifs is 1. The number of anilines is 1. The number of hydrogen-bond donors (Lipinski definition) is 1. The number of nitrogens with one attached hydrogen (secondary N) is 1. The molecule has 4 heteroatoms. The summed E-state index contributed by atoms with van der Waals surface area (Å²) in [5.41, 5.74) is 1.85. The lowest BCUT2D eigenvalue weighted by molar-refractivity contribution is 0.156. The summed E-state index contributed by atoms with van der Waals surface area (Å²) >= 11 is 0. The summed E-state index contributed by atoms with van der Waals surface area (Å²) in [4.78, 5) is 4.39. The molecule has 0 aliphatic heterocycles. The Balaban J connectivity index is 1.97. The first-order valence-corrected chi connectivity index (χ1v) is 6.19. The first-order valence-electron chi connectivity index (χ1n) is 6.19. The van der Waals surface area contributed by atoms with Gasteiger partial charge in [0.1, 0.15) is 5.52 Å². The molecule has 0 saturated carbocycles. The SMILES string of the molecule is COCCC(C)(C)CNc1nc2ccccc2o1. The van der Waals surface area contributed by atoms with E-state index in [1.807, 2.05) is 24.3 Å². The van der Waals surface area contributed by atoms with Crippen LogP contribution in [0.2, 0.25) is 0 Å². The molecule has 2 aromatic rings. The van der Waals surface area contributed by atoms with Gasteiger partial charge in [0.05, 0.1) is 0 Å². The molecule has 0 atom stereocenters. The van der Waals surface area contributed by atoms with E-state index in [9.17, 15) is 0 Å². The summed E-state index contributed by atoms with van der Waals surface area (Å²) < 4.78 is 10.7. The molecule has 0 amide bonds. The van der Waals surface area contributed by atoms with Crippen LogP contribution in [0.5, 0.6) is 0 Å². The van der Waals surface area contributed by atoms with E-state index in [0.717, 1.165) is 30.7 Å². The Hall–Kier alpha value is -1.55. The van der Waals surface area contributed by atoms with Crippen LogP contribution < -0.4 is 5.32 Å². The molecule has 98 valence electrons. The van der Waals surface area contributed by atoms with Gasteiger partial charge in [-0.05, 0) is 24.0 Å². The number of aromatic nitrogens is 1. The smallest absolute Gasteiger partial charge is 0.295 e. The predicted molar refractivity (Wildman–Crippen MR) is 72.8 cm³/mol. The zero-order valence-corrected chi connectivity index (χ0v) is 11.2. The zero-order chi connectivity index (χ0) is 13.0. The lowest BCUT2D eigenvalue weighted by Crippen LogP contribution is -2.24. The molecule has 0 unspecified atom stereocenters. The Morgan fingerprint density at radius 1 is 1.33 bits per heavy atom. The molecule has 0 bridgehead atoms. The van der Waals surface area contributed by atoms with E-state index in [0.29, 0.717) is 6.01 Å². The highest BCUT2D eigenvalue weighted by atomic mass is 16.5. The Labute approximate surface area is 107 Å². The fourth-order valence-corrected chi connectivity index (χ4v) is 1.73. The Morgan fingerprint density at radius 2 is 2.11 bits per heavy atom. The summed E-state index contributed by atoms with van der Waals surface area (Å²) in [7, 11) is 1.73. The lowest BCUT2D eigenvalue weighted by Gasteiger charge is -2.23. The summed E-state index contributed by atoms with van der Waals surface area (Å²) in [6.07, 6.45) is 0.997. The van der Waals surface area contributed by atoms with Gasteiger partial charge < -0.3 is 14.5 Å². The monoisotopic (exact) mass is 248 g/mol. The molecule has 4 nitrogen and oxygen atoms in total. The van der Waals surface area contributed by atoms with Crippen LogP contribution in [0.1, 0.15) is 20.3 Å². The lowest BCUT2D eigenvalue weighted by atomic mass is 9.90. The number of oxazole rings is 1. The molecule has 0 aliphatic rings. The quantitative estimate of drug-likeness (QED) is 0.852. The molecule has 0 fully saturated rings. The van der Waals surface area contributed by atoms with Crippen LogP contribution in [-0.4, -0.2) is 25.2 Å². The number of hydrogen-bond acceptors (Lipinski definition) is 4. The van der Waals surface area contributed by atoms with Gasteiger partial charge in [-0.2, -0.15) is 4.98 Å². The van der Waals surface area contributed by atoms with Crippen molar-refractivity contribution >= 4 is 17.1 Å². The summed E-state index contributed by atoms with van der Waals surface area (Å²) in [5, 5.41) is 3.25. The average molecular weight is 248 g/mol. The van der Waals surface area contributed by atoms with Crippen LogP contribution in [0.25, 0.3) is 11.1 Å². The molecule has 1 aromatic heterocycles. The standard InChI is InChI=1S/C14H20N2O2/c1-14(2,8-9-17-3)10-15-13-16-11-6-4-5-7-12(11)18-13/h4-7H,8-10H2,1-3H3,(H,15,16). The van der Waals surface area contributed by atoms with Crippen molar-refractivity contribution in [2.24, 2.45) is 5.41 Å². The highest BCUT2D eigenvalue weighted by Gasteiger charge is 2.18. The maximum atomic E-state index is 5.61. The van der Waals surface area contributed by atoms with E-state index in [2.05, 4.69) is 24.1 Å². The molecule has 0 spiro atoms. The van der Waals surface area contributed by atoms with Crippen LogP contribution in [0.15, 0.2) is 28.7 Å². The van der Waals surface area contributed by atoms with E-state index in [1.165, 1.54) is 0 Å². The van der Waals surface area contributed by atoms with Crippen molar-refractivity contribution in [3.05, 3.63) is 24.3 Å². The summed E-state index contributed by atoms with van der Waals surface area (Å²) in [6, 6.07) is 8.35. The number of benzene rings is 1. The average Bonchev–Trinajstić information content (AvgIpc) is 2.77. The van der Waals surface area contributed by atoms with Gasteiger partial charge in [0.15, 0.2) is 5.58 Å². The van der Waals surface area contributed by atoms with Gasteiger partial charge in [-0.1, -0.05) is 26.0 Å². The second-order valence-electron chi connectivity index (χ2n) is 5.25. The molecular weight excluding hydrogens is 228 g/mol. The highest BCUT2D eigenvalue weighted by Crippen LogP contribution is 2.23. The molecule has 2 rings (SSSR count). The maximum absolute atomic E-state index is 5.61. The molecule has 0 radical (unpaired) electrons. The van der Waals surface area contributed by atoms with Gasteiger partial charge in [-0.25, -0.2) is 0 Å². The minimum Gasteiger partial charge on any atom is -0.424 e. The number of methoxy groups -OCH3 is 1. The van der Waals surface area contributed by atoms with Crippen molar-refractivity contribution < 1.29 is 9.15 Å². The highest BCUT2D eigenvalue weighted by molar-refractivity contribution is 5.74. The second kappa shape index (κ2) is 5.40. The number of rotatable bonds is 6. The third-order valence-electron chi connectivity index (χ3n) is 3.00. The first kappa shape index (κ1) is 12.9. The van der Waals surface area contributed by atoms with Gasteiger partial charge in [0.2, 0.25) is 0 Å². The van der Waals surface area contributed by atoms with Gasteiger partial charge in [0, 0.05) is 20.3 Å². The van der Waals surface area contributed by atoms with Crippen molar-refractivity contribution in [2.75, 3.05) is 25.6 Å². The predicted octanol–water partition coefficient (Wildman–Crippen LogP) is 3.30. The van der Waals surface area contributed by atoms with Crippen molar-refractivity contribution in [3.63, 3.8) is 0 Å². The molecule has 1 heterocycles. The Morgan fingerprint density at radius 3 is 2.83 bits per heavy atom. The Bertz CT molecular complexity index is 472. The Kier molecular flexibility index (Phi) is 3.87. The maximum Gasteiger partial charge on any atom is 0.295 e. The van der Waals surface area contributed by atoms with Crippen molar-refractivity contribution in [3.8, 4) is 0 Å². The number of nitrogens with zero attached hydrogens (tertiary/aromatic N) is 1. The minimum absolute atomic E-state index is 0.149. The van der Waals surface area contributed by atoms with Gasteiger partial charge in [-0.15, -0.1) is 0 Å². The largest absolute Gasteiger partial charge is 0.424 e. The fraction of sp³-hybridized carbons (Fsp3) is 0.500. The van der Waals surface area contributed by atoms with Crippen LogP contribution in [-0.2, 0) is 4.74 Å². The van der Waals surface area contributed by atoms with Gasteiger partial charge >= 0.3 is 0 Å². The van der Waals surface area contributed by atoms with Gasteiger partial charge in [0.25, 0.3) is 6.01 Å². The van der Waals surface area contributed by atoms with Crippen LogP contribution in [0.4, 0.5) is 6.01 Å². The van der Waals surface area contributed by atoms with Crippen LogP contribution in [0, 0.1) is 5.41 Å². The molecule has 18 heavy (non-hydrogen) atoms. The van der Waals surface area contributed by atoms with Crippen LogP contribution >= 0.6 is 0 Å². The molecule has 1 N–H and O–H groups in total. The third-order valence-corrected chi connectivity index (χ3v) is 3.00. The van der Waals surface area contributed by atoms with Crippen LogP contribution in [0.3, 0.4) is 0 Å². The molecule has 0 saturated heterocycles. The summed E-state index contributed by atoms with van der Waals surface area (Å²) in [6.45, 7) is 5.97.